The number of pyridine rings is 1. The lowest BCUT2D eigenvalue weighted by Gasteiger charge is -2.15. The van der Waals surface area contributed by atoms with E-state index in [1.54, 1.807) is 18.0 Å². The SMILES string of the molecule is NCC1CCN(C(=O)CCSCc2ccccn2)C1. The highest BCUT2D eigenvalue weighted by Gasteiger charge is 2.24. The maximum absolute atomic E-state index is 12.0. The summed E-state index contributed by atoms with van der Waals surface area (Å²) < 4.78 is 0. The molecule has 19 heavy (non-hydrogen) atoms. The molecule has 4 nitrogen and oxygen atoms in total. The van der Waals surface area contributed by atoms with Crippen molar-refractivity contribution in [2.24, 2.45) is 11.7 Å². The number of carbonyl (C=O) groups excluding carboxylic acids is 1. The van der Waals surface area contributed by atoms with Crippen molar-refractivity contribution in [3.63, 3.8) is 0 Å². The van der Waals surface area contributed by atoms with Crippen molar-refractivity contribution < 1.29 is 4.79 Å². The highest BCUT2D eigenvalue weighted by molar-refractivity contribution is 7.98. The Morgan fingerprint density at radius 3 is 3.11 bits per heavy atom. The Hall–Kier alpha value is -1.07. The average Bonchev–Trinajstić information content (AvgIpc) is 2.93. The first-order valence-electron chi connectivity index (χ1n) is 6.75. The number of aromatic nitrogens is 1. The molecule has 1 fully saturated rings. The normalized spacial score (nSPS) is 18.8. The van der Waals surface area contributed by atoms with Gasteiger partial charge in [-0.3, -0.25) is 9.78 Å². The number of hydrogen-bond donors (Lipinski definition) is 1. The van der Waals surface area contributed by atoms with E-state index < -0.39 is 0 Å². The van der Waals surface area contributed by atoms with Crippen LogP contribution in [0.4, 0.5) is 0 Å². The van der Waals surface area contributed by atoms with E-state index in [1.807, 2.05) is 23.1 Å². The Morgan fingerprint density at radius 2 is 2.42 bits per heavy atom. The molecule has 1 aliphatic heterocycles. The number of nitrogens with zero attached hydrogens (tertiary/aromatic N) is 2. The van der Waals surface area contributed by atoms with Crippen molar-refractivity contribution in [3.05, 3.63) is 30.1 Å². The Balaban J connectivity index is 1.62. The molecule has 1 unspecified atom stereocenters. The van der Waals surface area contributed by atoms with Crippen molar-refractivity contribution in [2.75, 3.05) is 25.4 Å². The maximum Gasteiger partial charge on any atom is 0.223 e. The van der Waals surface area contributed by atoms with Crippen molar-refractivity contribution >= 4 is 17.7 Å². The molecule has 0 radical (unpaired) electrons. The van der Waals surface area contributed by atoms with Crippen LogP contribution in [0, 0.1) is 5.92 Å². The number of likely N-dealkylation sites (tertiary alicyclic amines) is 1. The van der Waals surface area contributed by atoms with Crippen molar-refractivity contribution in [1.82, 2.24) is 9.88 Å². The summed E-state index contributed by atoms with van der Waals surface area (Å²) in [6, 6.07) is 5.92. The van der Waals surface area contributed by atoms with E-state index in [2.05, 4.69) is 4.98 Å². The highest BCUT2D eigenvalue weighted by atomic mass is 32.2. The molecule has 0 spiro atoms. The van der Waals surface area contributed by atoms with E-state index in [1.165, 1.54) is 0 Å². The van der Waals surface area contributed by atoms with Gasteiger partial charge in [0.1, 0.15) is 0 Å². The molecule has 0 bridgehead atoms. The number of carbonyl (C=O) groups is 1. The van der Waals surface area contributed by atoms with Crippen LogP contribution in [0.15, 0.2) is 24.4 Å². The number of amides is 1. The molecule has 1 aliphatic rings. The van der Waals surface area contributed by atoms with Gasteiger partial charge in [0.05, 0.1) is 5.69 Å². The molecule has 104 valence electrons. The van der Waals surface area contributed by atoms with Crippen LogP contribution in [0.1, 0.15) is 18.5 Å². The van der Waals surface area contributed by atoms with Gasteiger partial charge in [0.15, 0.2) is 0 Å². The zero-order valence-electron chi connectivity index (χ0n) is 11.1. The van der Waals surface area contributed by atoms with Crippen LogP contribution >= 0.6 is 11.8 Å². The van der Waals surface area contributed by atoms with Gasteiger partial charge in [-0.15, -0.1) is 0 Å². The molecule has 1 atom stereocenters. The Morgan fingerprint density at radius 1 is 1.53 bits per heavy atom. The lowest BCUT2D eigenvalue weighted by Crippen LogP contribution is -2.30. The molecule has 2 N–H and O–H groups in total. The Kier molecular flexibility index (Phi) is 5.66. The molecule has 1 aromatic heterocycles. The minimum Gasteiger partial charge on any atom is -0.342 e. The maximum atomic E-state index is 12.0. The summed E-state index contributed by atoms with van der Waals surface area (Å²) in [6.07, 6.45) is 3.48. The van der Waals surface area contributed by atoms with E-state index in [-0.39, 0.29) is 5.91 Å². The predicted molar refractivity (Wildman–Crippen MR) is 78.8 cm³/mol. The fourth-order valence-electron chi connectivity index (χ4n) is 2.23. The van der Waals surface area contributed by atoms with Crippen LogP contribution in [0.2, 0.25) is 0 Å². The van der Waals surface area contributed by atoms with Gasteiger partial charge in [-0.05, 0) is 31.0 Å². The van der Waals surface area contributed by atoms with Crippen LogP contribution in [0.3, 0.4) is 0 Å². The highest BCUT2D eigenvalue weighted by Crippen LogP contribution is 2.17. The van der Waals surface area contributed by atoms with Crippen molar-refractivity contribution in [2.45, 2.75) is 18.6 Å². The molecule has 1 aromatic rings. The Labute approximate surface area is 118 Å². The molecule has 2 rings (SSSR count). The van der Waals surface area contributed by atoms with Gasteiger partial charge < -0.3 is 10.6 Å². The summed E-state index contributed by atoms with van der Waals surface area (Å²) in [4.78, 5) is 18.2. The van der Waals surface area contributed by atoms with Gasteiger partial charge in [-0.2, -0.15) is 11.8 Å². The zero-order valence-corrected chi connectivity index (χ0v) is 11.9. The smallest absolute Gasteiger partial charge is 0.223 e. The Bertz CT molecular complexity index is 399. The quantitative estimate of drug-likeness (QED) is 0.802. The molecule has 2 heterocycles. The molecule has 0 saturated carbocycles. The largest absolute Gasteiger partial charge is 0.342 e. The topological polar surface area (TPSA) is 59.2 Å². The van der Waals surface area contributed by atoms with Crippen LogP contribution in [-0.2, 0) is 10.5 Å². The standard InChI is InChI=1S/C14H21N3OS/c15-9-12-4-7-17(10-12)14(18)5-8-19-11-13-3-1-2-6-16-13/h1-3,6,12H,4-5,7-11,15H2. The number of rotatable bonds is 6. The fraction of sp³-hybridized carbons (Fsp3) is 0.571. The molecule has 1 amide bonds. The van der Waals surface area contributed by atoms with Gasteiger partial charge >= 0.3 is 0 Å². The first-order chi connectivity index (χ1) is 9.29. The van der Waals surface area contributed by atoms with Crippen LogP contribution < -0.4 is 5.73 Å². The van der Waals surface area contributed by atoms with E-state index in [0.717, 1.165) is 36.7 Å². The third kappa shape index (κ3) is 4.51. The summed E-state index contributed by atoms with van der Waals surface area (Å²) in [5.41, 5.74) is 6.71. The molecule has 0 aromatic carbocycles. The van der Waals surface area contributed by atoms with Gasteiger partial charge in [-0.25, -0.2) is 0 Å². The van der Waals surface area contributed by atoms with E-state index in [4.69, 9.17) is 5.73 Å². The number of hydrogen-bond acceptors (Lipinski definition) is 4. The van der Waals surface area contributed by atoms with E-state index in [0.29, 0.717) is 18.9 Å². The lowest BCUT2D eigenvalue weighted by atomic mass is 10.1. The third-order valence-corrected chi connectivity index (χ3v) is 4.40. The monoisotopic (exact) mass is 279 g/mol. The molecule has 0 aliphatic carbocycles. The lowest BCUT2D eigenvalue weighted by molar-refractivity contribution is -0.129. The average molecular weight is 279 g/mol. The minimum absolute atomic E-state index is 0.268. The summed E-state index contributed by atoms with van der Waals surface area (Å²) in [7, 11) is 0. The summed E-state index contributed by atoms with van der Waals surface area (Å²) in [6.45, 7) is 2.42. The number of thioether (sulfide) groups is 1. The van der Waals surface area contributed by atoms with Crippen LogP contribution in [0.25, 0.3) is 0 Å². The van der Waals surface area contributed by atoms with Crippen LogP contribution in [-0.4, -0.2) is 41.2 Å². The molecule has 1 saturated heterocycles. The van der Waals surface area contributed by atoms with E-state index >= 15 is 0 Å². The van der Waals surface area contributed by atoms with Gasteiger partial charge in [0.2, 0.25) is 5.91 Å². The fourth-order valence-corrected chi connectivity index (χ4v) is 3.07. The second-order valence-electron chi connectivity index (χ2n) is 4.85. The van der Waals surface area contributed by atoms with Crippen molar-refractivity contribution in [3.8, 4) is 0 Å². The third-order valence-electron chi connectivity index (χ3n) is 3.41. The minimum atomic E-state index is 0.268. The summed E-state index contributed by atoms with van der Waals surface area (Å²) in [5, 5.41) is 0. The molecular weight excluding hydrogens is 258 g/mol. The van der Waals surface area contributed by atoms with Gasteiger partial charge in [0, 0.05) is 37.2 Å². The van der Waals surface area contributed by atoms with Gasteiger partial charge in [0.25, 0.3) is 0 Å². The van der Waals surface area contributed by atoms with Crippen LogP contribution in [0.5, 0.6) is 0 Å². The summed E-state index contributed by atoms with van der Waals surface area (Å²) in [5.74, 6) is 2.51. The first-order valence-corrected chi connectivity index (χ1v) is 7.90. The second kappa shape index (κ2) is 7.50. The van der Waals surface area contributed by atoms with Crippen molar-refractivity contribution in [1.29, 1.82) is 0 Å². The van der Waals surface area contributed by atoms with E-state index in [9.17, 15) is 4.79 Å². The number of nitrogens with two attached hydrogens (primary N) is 1. The zero-order chi connectivity index (χ0) is 13.5. The second-order valence-corrected chi connectivity index (χ2v) is 5.96. The molecule has 5 heteroatoms. The summed E-state index contributed by atoms with van der Waals surface area (Å²) >= 11 is 1.77. The predicted octanol–water partition coefficient (Wildman–Crippen LogP) is 1.51. The van der Waals surface area contributed by atoms with Gasteiger partial charge in [-0.1, -0.05) is 6.07 Å². The molecular formula is C14H21N3OS. The first kappa shape index (κ1) is 14.3.